The molecule has 0 atom stereocenters. The number of nitrogens with one attached hydrogen (secondary N) is 1. The first-order valence-electron chi connectivity index (χ1n) is 6.12. The molecule has 20 heavy (non-hydrogen) atoms. The van der Waals surface area contributed by atoms with Crippen LogP contribution < -0.4 is 20.9 Å². The Morgan fingerprint density at radius 3 is 2.45 bits per heavy atom. The molecule has 1 rings (SSSR count). The van der Waals surface area contributed by atoms with E-state index in [9.17, 15) is 14.9 Å². The minimum absolute atomic E-state index is 0.0256. The number of benzene rings is 1. The van der Waals surface area contributed by atoms with E-state index in [4.69, 9.17) is 10.6 Å². The topological polar surface area (TPSA) is 111 Å². The van der Waals surface area contributed by atoms with Gasteiger partial charge in [-0.15, -0.1) is 0 Å². The molecule has 8 heteroatoms. The van der Waals surface area contributed by atoms with Crippen molar-refractivity contribution < 1.29 is 14.5 Å². The van der Waals surface area contributed by atoms with E-state index in [1.54, 1.807) is 0 Å². The van der Waals surface area contributed by atoms with Crippen molar-refractivity contribution >= 4 is 17.3 Å². The van der Waals surface area contributed by atoms with Gasteiger partial charge in [0, 0.05) is 25.2 Å². The summed E-state index contributed by atoms with van der Waals surface area (Å²) in [6.07, 6.45) is 0. The van der Waals surface area contributed by atoms with Gasteiger partial charge in [0.25, 0.3) is 11.6 Å². The van der Waals surface area contributed by atoms with Gasteiger partial charge in [-0.05, 0) is 13.8 Å². The van der Waals surface area contributed by atoms with Crippen LogP contribution in [0.25, 0.3) is 0 Å². The maximum Gasteiger partial charge on any atom is 0.293 e. The van der Waals surface area contributed by atoms with Gasteiger partial charge in [0.05, 0.1) is 17.6 Å². The van der Waals surface area contributed by atoms with Crippen molar-refractivity contribution in [1.82, 2.24) is 5.43 Å². The third-order valence-electron chi connectivity index (χ3n) is 2.97. The van der Waals surface area contributed by atoms with Crippen LogP contribution in [0.2, 0.25) is 0 Å². The number of nitro benzene ring substituents is 1. The lowest BCUT2D eigenvalue weighted by molar-refractivity contribution is -0.384. The zero-order chi connectivity index (χ0) is 15.3. The summed E-state index contributed by atoms with van der Waals surface area (Å²) < 4.78 is 5.12. The lowest BCUT2D eigenvalue weighted by Gasteiger charge is -2.22. The number of rotatable bonds is 6. The van der Waals surface area contributed by atoms with Gasteiger partial charge in [0.1, 0.15) is 11.4 Å². The normalized spacial score (nSPS) is 10.0. The molecule has 0 aliphatic heterocycles. The number of hydrogen-bond donors (Lipinski definition) is 2. The Kier molecular flexibility index (Phi) is 5.27. The van der Waals surface area contributed by atoms with Crippen LogP contribution in [0, 0.1) is 10.1 Å². The third-order valence-corrected chi connectivity index (χ3v) is 2.97. The van der Waals surface area contributed by atoms with Gasteiger partial charge >= 0.3 is 0 Å². The van der Waals surface area contributed by atoms with Gasteiger partial charge in [0.15, 0.2) is 0 Å². The van der Waals surface area contributed by atoms with Crippen molar-refractivity contribution in [2.24, 2.45) is 5.84 Å². The van der Waals surface area contributed by atoms with E-state index in [2.05, 4.69) is 0 Å². The summed E-state index contributed by atoms with van der Waals surface area (Å²) in [5.74, 6) is 4.66. The number of hydrogen-bond acceptors (Lipinski definition) is 6. The molecular weight excluding hydrogens is 264 g/mol. The molecule has 0 saturated heterocycles. The first-order chi connectivity index (χ1) is 9.49. The fourth-order valence-electron chi connectivity index (χ4n) is 1.95. The van der Waals surface area contributed by atoms with Gasteiger partial charge in [0.2, 0.25) is 0 Å². The molecule has 0 spiro atoms. The van der Waals surface area contributed by atoms with Crippen molar-refractivity contribution in [1.29, 1.82) is 0 Å². The average molecular weight is 282 g/mol. The summed E-state index contributed by atoms with van der Waals surface area (Å²) in [6.45, 7) is 4.98. The van der Waals surface area contributed by atoms with E-state index in [-0.39, 0.29) is 17.0 Å². The highest BCUT2D eigenvalue weighted by Crippen LogP contribution is 2.35. The van der Waals surface area contributed by atoms with Crippen LogP contribution in [0.4, 0.5) is 11.4 Å². The maximum absolute atomic E-state index is 11.6. The van der Waals surface area contributed by atoms with Crippen LogP contribution in [-0.2, 0) is 0 Å². The molecule has 0 heterocycles. The summed E-state index contributed by atoms with van der Waals surface area (Å²) >= 11 is 0. The molecule has 0 aliphatic carbocycles. The van der Waals surface area contributed by atoms with Crippen LogP contribution >= 0.6 is 0 Å². The second kappa shape index (κ2) is 6.71. The van der Waals surface area contributed by atoms with Crippen molar-refractivity contribution in [3.63, 3.8) is 0 Å². The smallest absolute Gasteiger partial charge is 0.293 e. The summed E-state index contributed by atoms with van der Waals surface area (Å²) in [5, 5.41) is 11.2. The number of nitrogens with zero attached hydrogens (tertiary/aromatic N) is 2. The molecule has 1 aromatic carbocycles. The quantitative estimate of drug-likeness (QED) is 0.349. The molecule has 3 N–H and O–H groups in total. The second-order valence-corrected chi connectivity index (χ2v) is 3.94. The predicted molar refractivity (Wildman–Crippen MR) is 74.9 cm³/mol. The number of carbonyl (C=O) groups excluding carboxylic acids is 1. The number of nitrogens with two attached hydrogens (primary N) is 1. The molecule has 0 fully saturated rings. The number of amides is 1. The van der Waals surface area contributed by atoms with Gasteiger partial charge in [-0.2, -0.15) is 0 Å². The lowest BCUT2D eigenvalue weighted by Crippen LogP contribution is -2.30. The number of hydrazine groups is 1. The molecule has 1 amide bonds. The average Bonchev–Trinajstić information content (AvgIpc) is 2.46. The maximum atomic E-state index is 11.6. The largest absolute Gasteiger partial charge is 0.496 e. The highest BCUT2D eigenvalue weighted by Gasteiger charge is 2.24. The molecule has 110 valence electrons. The fourth-order valence-corrected chi connectivity index (χ4v) is 1.95. The summed E-state index contributed by atoms with van der Waals surface area (Å²) in [7, 11) is 1.39. The molecule has 0 bridgehead atoms. The Morgan fingerprint density at radius 1 is 1.45 bits per heavy atom. The zero-order valence-electron chi connectivity index (χ0n) is 11.7. The van der Waals surface area contributed by atoms with E-state index < -0.39 is 10.8 Å². The molecular formula is C12H18N4O4. The Balaban J connectivity index is 3.52. The van der Waals surface area contributed by atoms with Gasteiger partial charge in [-0.25, -0.2) is 5.84 Å². The van der Waals surface area contributed by atoms with E-state index in [1.165, 1.54) is 19.2 Å². The number of nitro groups is 1. The molecule has 0 saturated carbocycles. The summed E-state index contributed by atoms with van der Waals surface area (Å²) in [6, 6.07) is 2.66. The SMILES string of the molecule is CCN(CC)c1cc(OC)c(C(=O)NN)cc1[N+](=O)[O-]. The van der Waals surface area contributed by atoms with Gasteiger partial charge < -0.3 is 9.64 Å². The minimum atomic E-state index is -0.643. The standard InChI is InChI=1S/C12H18N4O4/c1-4-15(5-2)9-7-11(20-3)8(12(17)14-13)6-10(9)16(18)19/h6-7H,4-5,13H2,1-3H3,(H,14,17). The first kappa shape index (κ1) is 15.7. The van der Waals surface area contributed by atoms with Gasteiger partial charge in [-0.3, -0.25) is 20.3 Å². The third kappa shape index (κ3) is 2.97. The Bertz CT molecular complexity index is 514. The van der Waals surface area contributed by atoms with Crippen molar-refractivity contribution in [2.45, 2.75) is 13.8 Å². The highest BCUT2D eigenvalue weighted by atomic mass is 16.6. The zero-order valence-corrected chi connectivity index (χ0v) is 11.7. The minimum Gasteiger partial charge on any atom is -0.496 e. The monoisotopic (exact) mass is 282 g/mol. The molecule has 0 aliphatic rings. The molecule has 1 aromatic rings. The number of methoxy groups -OCH3 is 1. The Hall–Kier alpha value is -2.35. The van der Waals surface area contributed by atoms with Crippen LogP contribution in [0.3, 0.4) is 0 Å². The van der Waals surface area contributed by atoms with Gasteiger partial charge in [-0.1, -0.05) is 0 Å². The van der Waals surface area contributed by atoms with Crippen LogP contribution in [0.15, 0.2) is 12.1 Å². The second-order valence-electron chi connectivity index (χ2n) is 3.94. The number of nitrogen functional groups attached to an aromatic ring is 1. The summed E-state index contributed by atoms with van der Waals surface area (Å²) in [4.78, 5) is 24.1. The van der Waals surface area contributed by atoms with Crippen molar-refractivity contribution in [3.05, 3.63) is 27.8 Å². The lowest BCUT2D eigenvalue weighted by atomic mass is 10.1. The van der Waals surface area contributed by atoms with Crippen LogP contribution in [0.5, 0.6) is 5.75 Å². The first-order valence-corrected chi connectivity index (χ1v) is 6.12. The summed E-state index contributed by atoms with van der Waals surface area (Å²) in [5.41, 5.74) is 2.22. The van der Waals surface area contributed by atoms with Crippen LogP contribution in [-0.4, -0.2) is 31.0 Å². The molecule has 0 radical (unpaired) electrons. The number of anilines is 1. The molecule has 0 unspecified atom stereocenters. The van der Waals surface area contributed by atoms with E-state index in [0.29, 0.717) is 18.8 Å². The highest BCUT2D eigenvalue weighted by molar-refractivity contribution is 5.98. The molecule has 0 aromatic heterocycles. The van der Waals surface area contributed by atoms with Crippen LogP contribution in [0.1, 0.15) is 24.2 Å². The van der Waals surface area contributed by atoms with E-state index >= 15 is 0 Å². The van der Waals surface area contributed by atoms with E-state index in [0.717, 1.165) is 0 Å². The van der Waals surface area contributed by atoms with Crippen molar-refractivity contribution in [3.8, 4) is 5.75 Å². The van der Waals surface area contributed by atoms with E-state index in [1.807, 2.05) is 24.2 Å². The number of ether oxygens (including phenoxy) is 1. The Morgan fingerprint density at radius 2 is 2.05 bits per heavy atom. The van der Waals surface area contributed by atoms with Crippen molar-refractivity contribution in [2.75, 3.05) is 25.1 Å². The fraction of sp³-hybridized carbons (Fsp3) is 0.417. The Labute approximate surface area is 116 Å². The number of carbonyl (C=O) groups is 1. The predicted octanol–water partition coefficient (Wildman–Crippen LogP) is 1.05. The molecule has 8 nitrogen and oxygen atoms in total.